The van der Waals surface area contributed by atoms with Crippen LogP contribution in [0.3, 0.4) is 0 Å². The molecule has 102 valence electrons. The second-order valence-corrected chi connectivity index (χ2v) is 6.10. The number of para-hydroxylation sites is 1. The molecule has 2 aromatic rings. The maximum Gasteiger partial charge on any atom is 0.127 e. The van der Waals surface area contributed by atoms with Gasteiger partial charge in [-0.25, -0.2) is 4.98 Å². The molecule has 0 amide bonds. The number of nitrogens with zero attached hydrogens (tertiary/aromatic N) is 2. The molecule has 1 aliphatic rings. The molecule has 0 bridgehead atoms. The second kappa shape index (κ2) is 5.31. The fraction of sp³-hybridized carbons (Fsp3) is 0.500. The Hall–Kier alpha value is -0.770. The zero-order valence-corrected chi connectivity index (χ0v) is 12.3. The van der Waals surface area contributed by atoms with E-state index >= 15 is 0 Å². The van der Waals surface area contributed by atoms with Crippen LogP contribution in [0.5, 0.6) is 0 Å². The molecule has 0 radical (unpaired) electrons. The summed E-state index contributed by atoms with van der Waals surface area (Å²) in [6, 6.07) is 5.87. The van der Waals surface area contributed by atoms with Gasteiger partial charge >= 0.3 is 0 Å². The molecule has 19 heavy (non-hydrogen) atoms. The lowest BCUT2D eigenvalue weighted by molar-refractivity contribution is 0.182. The first-order chi connectivity index (χ1) is 9.16. The van der Waals surface area contributed by atoms with Crippen LogP contribution in [0.4, 0.5) is 0 Å². The van der Waals surface area contributed by atoms with Gasteiger partial charge in [0.15, 0.2) is 0 Å². The first-order valence-electron chi connectivity index (χ1n) is 6.53. The number of aromatic nitrogens is 2. The normalized spacial score (nSPS) is 21.1. The summed E-state index contributed by atoms with van der Waals surface area (Å²) in [4.78, 5) is 4.61. The quantitative estimate of drug-likeness (QED) is 0.800. The van der Waals surface area contributed by atoms with E-state index in [9.17, 15) is 0 Å². The molecule has 1 aliphatic heterocycles. The minimum Gasteiger partial charge on any atom is -0.381 e. The van der Waals surface area contributed by atoms with Gasteiger partial charge in [0.2, 0.25) is 0 Å². The zero-order chi connectivity index (χ0) is 13.4. The van der Waals surface area contributed by atoms with Crippen LogP contribution >= 0.6 is 23.2 Å². The minimum absolute atomic E-state index is 0.134. The van der Waals surface area contributed by atoms with E-state index < -0.39 is 0 Å². The summed E-state index contributed by atoms with van der Waals surface area (Å²) in [5, 5.41) is 0.545. The van der Waals surface area contributed by atoms with Crippen molar-refractivity contribution in [3.05, 3.63) is 29.0 Å². The largest absolute Gasteiger partial charge is 0.381 e. The number of ether oxygens (including phenoxy) is 1. The smallest absolute Gasteiger partial charge is 0.127 e. The van der Waals surface area contributed by atoms with Crippen LogP contribution in [-0.4, -0.2) is 22.8 Å². The third-order valence-electron chi connectivity index (χ3n) is 3.58. The lowest BCUT2D eigenvalue weighted by Gasteiger charge is -2.14. The molecular formula is C14H16Cl2N2O. The van der Waals surface area contributed by atoms with E-state index in [2.05, 4.69) is 9.55 Å². The van der Waals surface area contributed by atoms with Crippen LogP contribution in [-0.2, 0) is 11.3 Å². The molecule has 2 heterocycles. The van der Waals surface area contributed by atoms with Crippen LogP contribution in [0, 0.1) is 5.92 Å². The number of imidazole rings is 1. The maximum absolute atomic E-state index is 6.26. The highest BCUT2D eigenvalue weighted by Gasteiger charge is 2.22. The molecule has 0 aliphatic carbocycles. The summed E-state index contributed by atoms with van der Waals surface area (Å²) in [6.45, 7) is 4.50. The van der Waals surface area contributed by atoms with Crippen molar-refractivity contribution in [2.75, 3.05) is 13.2 Å². The lowest BCUT2D eigenvalue weighted by atomic mass is 10.1. The number of rotatable bonds is 3. The Morgan fingerprint density at radius 2 is 2.37 bits per heavy atom. The van der Waals surface area contributed by atoms with Crippen molar-refractivity contribution < 1.29 is 4.74 Å². The average Bonchev–Trinajstić information content (AvgIpc) is 2.99. The number of halogens is 2. The van der Waals surface area contributed by atoms with Crippen LogP contribution in [0.2, 0.25) is 5.02 Å². The molecule has 0 saturated carbocycles. The van der Waals surface area contributed by atoms with Crippen molar-refractivity contribution in [1.82, 2.24) is 9.55 Å². The van der Waals surface area contributed by atoms with Crippen LogP contribution < -0.4 is 0 Å². The molecule has 0 spiro atoms. The third kappa shape index (κ3) is 2.47. The van der Waals surface area contributed by atoms with E-state index in [-0.39, 0.29) is 5.38 Å². The van der Waals surface area contributed by atoms with Gasteiger partial charge < -0.3 is 9.30 Å². The highest BCUT2D eigenvalue weighted by molar-refractivity contribution is 6.35. The van der Waals surface area contributed by atoms with E-state index in [1.807, 2.05) is 25.1 Å². The molecule has 3 nitrogen and oxygen atoms in total. The Bertz CT molecular complexity index is 588. The number of fused-ring (bicyclic) bond motifs is 1. The number of benzene rings is 1. The molecule has 5 heteroatoms. The predicted octanol–water partition coefficient (Wildman–Crippen LogP) is 4.03. The van der Waals surface area contributed by atoms with Crippen molar-refractivity contribution in [2.45, 2.75) is 25.3 Å². The molecular weight excluding hydrogens is 283 g/mol. The van der Waals surface area contributed by atoms with E-state index in [0.717, 1.165) is 43.0 Å². The van der Waals surface area contributed by atoms with Gasteiger partial charge in [-0.2, -0.15) is 0 Å². The van der Waals surface area contributed by atoms with Crippen LogP contribution in [0.1, 0.15) is 24.5 Å². The summed E-state index contributed by atoms with van der Waals surface area (Å²) < 4.78 is 7.64. The third-order valence-corrected chi connectivity index (χ3v) is 4.08. The molecule has 2 unspecified atom stereocenters. The predicted molar refractivity (Wildman–Crippen MR) is 77.9 cm³/mol. The Morgan fingerprint density at radius 3 is 3.05 bits per heavy atom. The summed E-state index contributed by atoms with van der Waals surface area (Å²) in [7, 11) is 0. The molecule has 1 fully saturated rings. The van der Waals surface area contributed by atoms with Gasteiger partial charge in [-0.15, -0.1) is 11.6 Å². The second-order valence-electron chi connectivity index (χ2n) is 5.03. The van der Waals surface area contributed by atoms with Crippen molar-refractivity contribution in [3.63, 3.8) is 0 Å². The Morgan fingerprint density at radius 1 is 1.53 bits per heavy atom. The van der Waals surface area contributed by atoms with E-state index in [1.54, 1.807) is 0 Å². The van der Waals surface area contributed by atoms with E-state index in [4.69, 9.17) is 27.9 Å². The summed E-state index contributed by atoms with van der Waals surface area (Å²) in [6.07, 6.45) is 1.09. The SMILES string of the molecule is CC(Cl)c1nc2c(Cl)cccc2n1CC1CCOC1. The summed E-state index contributed by atoms with van der Waals surface area (Å²) in [5.74, 6) is 1.42. The summed E-state index contributed by atoms with van der Waals surface area (Å²) in [5.41, 5.74) is 1.90. The van der Waals surface area contributed by atoms with Gasteiger partial charge in [0.1, 0.15) is 11.3 Å². The number of alkyl halides is 1. The highest BCUT2D eigenvalue weighted by atomic mass is 35.5. The van der Waals surface area contributed by atoms with Gasteiger partial charge in [0.25, 0.3) is 0 Å². The molecule has 1 saturated heterocycles. The molecule has 1 aromatic heterocycles. The molecule has 1 aromatic carbocycles. The van der Waals surface area contributed by atoms with E-state index in [1.165, 1.54) is 0 Å². The van der Waals surface area contributed by atoms with E-state index in [0.29, 0.717) is 10.9 Å². The standard InChI is InChI=1S/C14H16Cl2N2O/c1-9(15)14-17-13-11(16)3-2-4-12(13)18(14)7-10-5-6-19-8-10/h2-4,9-10H,5-8H2,1H3. The summed E-state index contributed by atoms with van der Waals surface area (Å²) >= 11 is 12.5. The van der Waals surface area contributed by atoms with Crippen molar-refractivity contribution in [3.8, 4) is 0 Å². The Balaban J connectivity index is 2.08. The first-order valence-corrected chi connectivity index (χ1v) is 7.34. The van der Waals surface area contributed by atoms with Crippen LogP contribution in [0.15, 0.2) is 18.2 Å². The van der Waals surface area contributed by atoms with Gasteiger partial charge in [-0.1, -0.05) is 17.7 Å². The first kappa shape index (κ1) is 13.2. The molecule has 3 rings (SSSR count). The van der Waals surface area contributed by atoms with Gasteiger partial charge in [-0.3, -0.25) is 0 Å². The van der Waals surface area contributed by atoms with Gasteiger partial charge in [-0.05, 0) is 25.5 Å². The minimum atomic E-state index is -0.134. The topological polar surface area (TPSA) is 27.1 Å². The highest BCUT2D eigenvalue weighted by Crippen LogP contribution is 2.30. The average molecular weight is 299 g/mol. The fourth-order valence-corrected chi connectivity index (χ4v) is 2.99. The molecule has 0 N–H and O–H groups in total. The lowest BCUT2D eigenvalue weighted by Crippen LogP contribution is -2.13. The van der Waals surface area contributed by atoms with Crippen molar-refractivity contribution in [2.24, 2.45) is 5.92 Å². The maximum atomic E-state index is 6.26. The van der Waals surface area contributed by atoms with Gasteiger partial charge in [0, 0.05) is 19.1 Å². The molecule has 2 atom stereocenters. The van der Waals surface area contributed by atoms with Crippen molar-refractivity contribution in [1.29, 1.82) is 0 Å². The monoisotopic (exact) mass is 298 g/mol. The Kier molecular flexibility index (Phi) is 3.70. The van der Waals surface area contributed by atoms with Crippen molar-refractivity contribution >= 4 is 34.2 Å². The fourth-order valence-electron chi connectivity index (χ4n) is 2.61. The van der Waals surface area contributed by atoms with Crippen LogP contribution in [0.25, 0.3) is 11.0 Å². The zero-order valence-electron chi connectivity index (χ0n) is 10.8. The Labute approximate surface area is 122 Å². The van der Waals surface area contributed by atoms with Gasteiger partial charge in [0.05, 0.1) is 22.5 Å². The number of hydrogen-bond donors (Lipinski definition) is 0. The number of hydrogen-bond acceptors (Lipinski definition) is 2.